The van der Waals surface area contributed by atoms with Gasteiger partial charge in [-0.05, 0) is 53.7 Å². The molecule has 7 nitrogen and oxygen atoms in total. The number of amides is 2. The van der Waals surface area contributed by atoms with Gasteiger partial charge in [-0.25, -0.2) is 0 Å². The number of carbonyl (C=O) groups excluding carboxylic acids is 2. The van der Waals surface area contributed by atoms with E-state index >= 15 is 0 Å². The lowest BCUT2D eigenvalue weighted by Gasteiger charge is -2.28. The molecule has 2 N–H and O–H groups in total. The van der Waals surface area contributed by atoms with E-state index < -0.39 is 23.6 Å². The minimum Gasteiger partial charge on any atom is -0.450 e. The maximum absolute atomic E-state index is 13.1. The quantitative estimate of drug-likeness (QED) is 0.231. The van der Waals surface area contributed by atoms with Gasteiger partial charge in [0, 0.05) is 31.3 Å². The largest absolute Gasteiger partial charge is 0.450 e. The van der Waals surface area contributed by atoms with Crippen molar-refractivity contribution in [3.63, 3.8) is 0 Å². The number of thiocarbonyl (C=S) groups is 1. The number of furan rings is 1. The SMILES string of the molecule is O=C(NCc1cccc(C(F)(F)F)c1)C(=Cc1ccc(SC(=S)N2CCOCC2)o1)NC(=O)c1ccccc1. The number of morpholine rings is 1. The number of nitrogens with one attached hydrogen (secondary N) is 2. The molecule has 2 heterocycles. The first-order valence-electron chi connectivity index (χ1n) is 11.9. The summed E-state index contributed by atoms with van der Waals surface area (Å²) in [5.41, 5.74) is -0.392. The van der Waals surface area contributed by atoms with Crippen molar-refractivity contribution in [1.29, 1.82) is 0 Å². The molecule has 1 saturated heterocycles. The Balaban J connectivity index is 1.50. The zero-order chi connectivity index (χ0) is 27.8. The molecule has 4 rings (SSSR count). The average Bonchev–Trinajstić information content (AvgIpc) is 3.38. The van der Waals surface area contributed by atoms with Crippen molar-refractivity contribution in [2.75, 3.05) is 26.3 Å². The number of alkyl halides is 3. The molecule has 2 aromatic carbocycles. The first-order valence-corrected chi connectivity index (χ1v) is 13.1. The van der Waals surface area contributed by atoms with E-state index in [1.54, 1.807) is 42.5 Å². The fourth-order valence-electron chi connectivity index (χ4n) is 3.58. The summed E-state index contributed by atoms with van der Waals surface area (Å²) in [4.78, 5) is 27.8. The van der Waals surface area contributed by atoms with Crippen molar-refractivity contribution in [1.82, 2.24) is 15.5 Å². The van der Waals surface area contributed by atoms with E-state index in [-0.39, 0.29) is 23.6 Å². The third-order valence-electron chi connectivity index (χ3n) is 5.58. The standard InChI is InChI=1S/C27H24F3N3O4S2/c28-27(29,30)20-8-4-5-18(15-20)17-31-25(35)22(32-24(34)19-6-2-1-3-7-19)16-21-9-10-23(37-21)39-26(38)33-11-13-36-14-12-33/h1-10,15-16H,11-14,17H2,(H,31,35)(H,32,34). The molecule has 0 aliphatic carbocycles. The van der Waals surface area contributed by atoms with Crippen LogP contribution in [0.1, 0.15) is 27.2 Å². The molecule has 0 saturated carbocycles. The molecular formula is C27H24F3N3O4S2. The van der Waals surface area contributed by atoms with E-state index in [9.17, 15) is 22.8 Å². The Labute approximate surface area is 232 Å². The van der Waals surface area contributed by atoms with E-state index in [1.165, 1.54) is 30.0 Å². The number of carbonyl (C=O) groups is 2. The summed E-state index contributed by atoms with van der Waals surface area (Å²) in [6, 6.07) is 16.2. The van der Waals surface area contributed by atoms with Crippen LogP contribution in [0.5, 0.6) is 0 Å². The van der Waals surface area contributed by atoms with E-state index in [4.69, 9.17) is 21.4 Å². The van der Waals surface area contributed by atoms with Gasteiger partial charge in [-0.2, -0.15) is 13.2 Å². The number of ether oxygens (including phenoxy) is 1. The second-order valence-corrected chi connectivity index (χ2v) is 10.0. The first-order chi connectivity index (χ1) is 18.7. The smallest absolute Gasteiger partial charge is 0.416 e. The predicted octanol–water partition coefficient (Wildman–Crippen LogP) is 5.09. The van der Waals surface area contributed by atoms with Gasteiger partial charge in [0.25, 0.3) is 11.8 Å². The third kappa shape index (κ3) is 8.19. The number of benzene rings is 2. The molecule has 39 heavy (non-hydrogen) atoms. The summed E-state index contributed by atoms with van der Waals surface area (Å²) < 4.78 is 50.9. The van der Waals surface area contributed by atoms with Crippen LogP contribution in [0.15, 0.2) is 81.9 Å². The van der Waals surface area contributed by atoms with Crippen molar-refractivity contribution >= 4 is 46.2 Å². The van der Waals surface area contributed by atoms with Gasteiger partial charge in [0.1, 0.15) is 15.8 Å². The second-order valence-electron chi connectivity index (χ2n) is 8.38. The summed E-state index contributed by atoms with van der Waals surface area (Å²) in [6.07, 6.45) is -3.15. The Bertz CT molecular complexity index is 1350. The zero-order valence-electron chi connectivity index (χ0n) is 20.5. The van der Waals surface area contributed by atoms with Gasteiger partial charge in [0.05, 0.1) is 18.8 Å². The van der Waals surface area contributed by atoms with Gasteiger partial charge in [-0.3, -0.25) is 9.59 Å². The van der Waals surface area contributed by atoms with Crippen molar-refractivity contribution in [3.8, 4) is 0 Å². The Kier molecular flexibility index (Phi) is 9.44. The molecule has 1 fully saturated rings. The van der Waals surface area contributed by atoms with Gasteiger partial charge in [0.15, 0.2) is 5.09 Å². The molecule has 12 heteroatoms. The van der Waals surface area contributed by atoms with Gasteiger partial charge < -0.3 is 24.7 Å². The summed E-state index contributed by atoms with van der Waals surface area (Å²) in [6.45, 7) is 2.36. The number of rotatable bonds is 7. The maximum Gasteiger partial charge on any atom is 0.416 e. The molecule has 204 valence electrons. The maximum atomic E-state index is 13.1. The third-order valence-corrected chi connectivity index (χ3v) is 6.94. The lowest BCUT2D eigenvalue weighted by molar-refractivity contribution is -0.137. The highest BCUT2D eigenvalue weighted by molar-refractivity contribution is 8.22. The second kappa shape index (κ2) is 13.0. The number of halogens is 3. The van der Waals surface area contributed by atoms with Gasteiger partial charge in [-0.1, -0.05) is 42.5 Å². The number of thioether (sulfide) groups is 1. The van der Waals surface area contributed by atoms with Crippen molar-refractivity contribution < 1.29 is 31.9 Å². The molecule has 3 aromatic rings. The van der Waals surface area contributed by atoms with E-state index in [2.05, 4.69) is 10.6 Å². The molecule has 0 atom stereocenters. The van der Waals surface area contributed by atoms with E-state index in [1.807, 2.05) is 4.90 Å². The van der Waals surface area contributed by atoms with Crippen LogP contribution in [-0.2, 0) is 22.3 Å². The Morgan fingerprint density at radius 1 is 1.03 bits per heavy atom. The Morgan fingerprint density at radius 2 is 1.77 bits per heavy atom. The predicted molar refractivity (Wildman–Crippen MR) is 145 cm³/mol. The highest BCUT2D eigenvalue weighted by atomic mass is 32.2. The normalized spacial score (nSPS) is 14.1. The number of hydrogen-bond acceptors (Lipinski definition) is 6. The average molecular weight is 576 g/mol. The molecule has 0 radical (unpaired) electrons. The molecule has 1 aromatic heterocycles. The molecule has 2 amide bonds. The molecule has 1 aliphatic heterocycles. The van der Waals surface area contributed by atoms with Crippen LogP contribution in [0.4, 0.5) is 13.2 Å². The summed E-state index contributed by atoms with van der Waals surface area (Å²) >= 11 is 6.74. The zero-order valence-corrected chi connectivity index (χ0v) is 22.1. The van der Waals surface area contributed by atoms with Crippen molar-refractivity contribution in [2.24, 2.45) is 0 Å². The summed E-state index contributed by atoms with van der Waals surface area (Å²) in [5.74, 6) is -0.961. The Morgan fingerprint density at radius 3 is 2.49 bits per heavy atom. The number of nitrogens with zero attached hydrogens (tertiary/aromatic N) is 1. The minimum atomic E-state index is -4.51. The highest BCUT2D eigenvalue weighted by Gasteiger charge is 2.30. The van der Waals surface area contributed by atoms with Crippen molar-refractivity contribution in [3.05, 3.63) is 94.9 Å². The monoisotopic (exact) mass is 575 g/mol. The van der Waals surface area contributed by atoms with Crippen LogP contribution in [0.25, 0.3) is 6.08 Å². The van der Waals surface area contributed by atoms with Crippen LogP contribution in [0, 0.1) is 0 Å². The number of hydrogen-bond donors (Lipinski definition) is 2. The summed E-state index contributed by atoms with van der Waals surface area (Å²) in [7, 11) is 0. The van der Waals surface area contributed by atoms with Gasteiger partial charge in [-0.15, -0.1) is 0 Å². The van der Waals surface area contributed by atoms with Crippen LogP contribution in [0.3, 0.4) is 0 Å². The van der Waals surface area contributed by atoms with Crippen molar-refractivity contribution in [2.45, 2.75) is 17.8 Å². The fourth-order valence-corrected chi connectivity index (χ4v) is 4.77. The minimum absolute atomic E-state index is 0.141. The fraction of sp³-hybridized carbons (Fsp3) is 0.222. The Hall–Kier alpha value is -3.61. The first kappa shape index (κ1) is 28.4. The lowest BCUT2D eigenvalue weighted by atomic mass is 10.1. The summed E-state index contributed by atoms with van der Waals surface area (Å²) in [5, 5.41) is 5.63. The molecule has 1 aliphatic rings. The molecule has 0 unspecified atom stereocenters. The van der Waals surface area contributed by atoms with Gasteiger partial charge in [0.2, 0.25) is 0 Å². The van der Waals surface area contributed by atoms with Crippen LogP contribution in [-0.4, -0.2) is 47.3 Å². The lowest BCUT2D eigenvalue weighted by Crippen LogP contribution is -2.38. The van der Waals surface area contributed by atoms with Crippen LogP contribution >= 0.6 is 24.0 Å². The van der Waals surface area contributed by atoms with E-state index in [0.29, 0.717) is 41.3 Å². The van der Waals surface area contributed by atoms with Gasteiger partial charge >= 0.3 is 6.18 Å². The van der Waals surface area contributed by atoms with Crippen LogP contribution < -0.4 is 10.6 Å². The van der Waals surface area contributed by atoms with Crippen LogP contribution in [0.2, 0.25) is 0 Å². The molecular weight excluding hydrogens is 551 g/mol. The van der Waals surface area contributed by atoms with E-state index in [0.717, 1.165) is 12.1 Å². The molecule has 0 spiro atoms. The highest BCUT2D eigenvalue weighted by Crippen LogP contribution is 2.29. The molecule has 0 bridgehead atoms. The topological polar surface area (TPSA) is 83.8 Å².